The summed E-state index contributed by atoms with van der Waals surface area (Å²) < 4.78 is 0. The molecule has 2 rings (SSSR count). The number of halogens is 1. The number of hydrogen-bond donors (Lipinski definition) is 2. The number of benzene rings is 2. The van der Waals surface area contributed by atoms with E-state index in [1.807, 2.05) is 0 Å². The Hall–Kier alpha value is -2.00. The Labute approximate surface area is 104 Å². The third kappa shape index (κ3) is 2.40. The molecule has 0 fully saturated rings. The highest BCUT2D eigenvalue weighted by Crippen LogP contribution is 2.21. The van der Waals surface area contributed by atoms with Crippen molar-refractivity contribution in [3.8, 4) is 0 Å². The molecule has 0 aliphatic carbocycles. The molecule has 0 aliphatic rings. The van der Waals surface area contributed by atoms with Gasteiger partial charge in [-0.2, -0.15) is 0 Å². The minimum atomic E-state index is -0.126. The number of anilines is 2. The van der Waals surface area contributed by atoms with Gasteiger partial charge in [-0.3, -0.25) is 4.79 Å². The second-order valence-electron chi connectivity index (χ2n) is 3.69. The van der Waals surface area contributed by atoms with Crippen molar-refractivity contribution in [1.29, 1.82) is 0 Å². The van der Waals surface area contributed by atoms with Crippen molar-refractivity contribution in [2.45, 2.75) is 0 Å². The third-order valence-electron chi connectivity index (χ3n) is 2.41. The summed E-state index contributed by atoms with van der Waals surface area (Å²) >= 11 is 5.87. The highest BCUT2D eigenvalue weighted by atomic mass is 35.5. The molecular weight excluding hydrogens is 236 g/mol. The Balaban J connectivity index is 2.40. The third-order valence-corrected chi connectivity index (χ3v) is 2.74. The number of nitrogen functional groups attached to an aromatic ring is 2. The van der Waals surface area contributed by atoms with Gasteiger partial charge >= 0.3 is 0 Å². The molecule has 0 aliphatic heterocycles. The van der Waals surface area contributed by atoms with E-state index in [2.05, 4.69) is 0 Å². The van der Waals surface area contributed by atoms with Gasteiger partial charge in [0.15, 0.2) is 5.78 Å². The number of ketones is 1. The van der Waals surface area contributed by atoms with Crippen molar-refractivity contribution in [3.63, 3.8) is 0 Å². The Bertz CT molecular complexity index is 581. The van der Waals surface area contributed by atoms with Crippen molar-refractivity contribution < 1.29 is 4.79 Å². The Morgan fingerprint density at radius 2 is 1.71 bits per heavy atom. The van der Waals surface area contributed by atoms with Gasteiger partial charge in [0.1, 0.15) is 0 Å². The van der Waals surface area contributed by atoms with E-state index in [0.29, 0.717) is 27.5 Å². The summed E-state index contributed by atoms with van der Waals surface area (Å²) in [4.78, 5) is 12.1. The average molecular weight is 247 g/mol. The molecule has 0 amide bonds. The molecule has 0 heterocycles. The summed E-state index contributed by atoms with van der Waals surface area (Å²) in [5.41, 5.74) is 13.3. The van der Waals surface area contributed by atoms with Crippen LogP contribution in [0.2, 0.25) is 5.02 Å². The van der Waals surface area contributed by atoms with Crippen LogP contribution in [0.1, 0.15) is 15.9 Å². The van der Waals surface area contributed by atoms with Crippen LogP contribution >= 0.6 is 11.6 Å². The minimum Gasteiger partial charge on any atom is -0.399 e. The molecule has 86 valence electrons. The zero-order valence-electron chi connectivity index (χ0n) is 8.98. The van der Waals surface area contributed by atoms with Crippen molar-refractivity contribution in [1.82, 2.24) is 0 Å². The molecule has 4 heteroatoms. The van der Waals surface area contributed by atoms with E-state index >= 15 is 0 Å². The molecule has 4 N–H and O–H groups in total. The van der Waals surface area contributed by atoms with E-state index in [1.165, 1.54) is 0 Å². The van der Waals surface area contributed by atoms with E-state index in [0.717, 1.165) is 0 Å². The SMILES string of the molecule is Nc1cccc(C(=O)c2ccc(N)c(Cl)c2)c1. The summed E-state index contributed by atoms with van der Waals surface area (Å²) in [5.74, 6) is -0.126. The van der Waals surface area contributed by atoms with Gasteiger partial charge in [-0.05, 0) is 30.3 Å². The van der Waals surface area contributed by atoms with Crippen molar-refractivity contribution in [2.24, 2.45) is 0 Å². The molecular formula is C13H11ClN2O. The van der Waals surface area contributed by atoms with Crippen LogP contribution < -0.4 is 11.5 Å². The minimum absolute atomic E-state index is 0.126. The molecule has 0 spiro atoms. The second kappa shape index (κ2) is 4.47. The lowest BCUT2D eigenvalue weighted by molar-refractivity contribution is 0.103. The highest BCUT2D eigenvalue weighted by molar-refractivity contribution is 6.33. The van der Waals surface area contributed by atoms with Gasteiger partial charge in [0.05, 0.1) is 10.7 Å². The maximum atomic E-state index is 12.1. The van der Waals surface area contributed by atoms with Gasteiger partial charge < -0.3 is 11.5 Å². The summed E-state index contributed by atoms with van der Waals surface area (Å²) in [6, 6.07) is 11.6. The molecule has 0 bridgehead atoms. The van der Waals surface area contributed by atoms with Crippen LogP contribution in [0.4, 0.5) is 11.4 Å². The number of carbonyl (C=O) groups is 1. The summed E-state index contributed by atoms with van der Waals surface area (Å²) in [5, 5.41) is 0.375. The number of rotatable bonds is 2. The fourth-order valence-corrected chi connectivity index (χ4v) is 1.70. The Kier molecular flexibility index (Phi) is 3.02. The highest BCUT2D eigenvalue weighted by Gasteiger charge is 2.10. The fourth-order valence-electron chi connectivity index (χ4n) is 1.51. The molecule has 17 heavy (non-hydrogen) atoms. The van der Waals surface area contributed by atoms with E-state index in [-0.39, 0.29) is 5.78 Å². The largest absolute Gasteiger partial charge is 0.399 e. The van der Waals surface area contributed by atoms with E-state index < -0.39 is 0 Å². The maximum Gasteiger partial charge on any atom is 0.193 e. The van der Waals surface area contributed by atoms with Crippen LogP contribution in [0.15, 0.2) is 42.5 Å². The molecule has 0 unspecified atom stereocenters. The monoisotopic (exact) mass is 246 g/mol. The van der Waals surface area contributed by atoms with Crippen LogP contribution in [0.3, 0.4) is 0 Å². The van der Waals surface area contributed by atoms with Crippen LogP contribution in [0, 0.1) is 0 Å². The van der Waals surface area contributed by atoms with E-state index in [4.69, 9.17) is 23.1 Å². The Morgan fingerprint density at radius 3 is 2.35 bits per heavy atom. The smallest absolute Gasteiger partial charge is 0.193 e. The lowest BCUT2D eigenvalue weighted by atomic mass is 10.0. The lowest BCUT2D eigenvalue weighted by Gasteiger charge is -2.04. The topological polar surface area (TPSA) is 69.1 Å². The zero-order valence-corrected chi connectivity index (χ0v) is 9.74. The maximum absolute atomic E-state index is 12.1. The first-order valence-corrected chi connectivity index (χ1v) is 5.41. The van der Waals surface area contributed by atoms with Gasteiger partial charge in [-0.25, -0.2) is 0 Å². The molecule has 2 aromatic carbocycles. The molecule has 2 aromatic rings. The van der Waals surface area contributed by atoms with Crippen molar-refractivity contribution in [3.05, 3.63) is 58.6 Å². The Morgan fingerprint density at radius 1 is 1.00 bits per heavy atom. The van der Waals surface area contributed by atoms with Crippen LogP contribution in [0.5, 0.6) is 0 Å². The summed E-state index contributed by atoms with van der Waals surface area (Å²) in [6.45, 7) is 0. The first kappa shape index (κ1) is 11.5. The lowest BCUT2D eigenvalue weighted by Crippen LogP contribution is -2.02. The van der Waals surface area contributed by atoms with E-state index in [1.54, 1.807) is 42.5 Å². The predicted molar refractivity (Wildman–Crippen MR) is 70.2 cm³/mol. The average Bonchev–Trinajstić information content (AvgIpc) is 2.32. The van der Waals surface area contributed by atoms with Gasteiger partial charge in [-0.1, -0.05) is 23.7 Å². The number of carbonyl (C=O) groups excluding carboxylic acids is 1. The van der Waals surface area contributed by atoms with Crippen molar-refractivity contribution >= 4 is 28.8 Å². The molecule has 3 nitrogen and oxygen atoms in total. The molecule has 0 radical (unpaired) electrons. The quantitative estimate of drug-likeness (QED) is 0.632. The van der Waals surface area contributed by atoms with Gasteiger partial charge in [0, 0.05) is 16.8 Å². The van der Waals surface area contributed by atoms with Gasteiger partial charge in [-0.15, -0.1) is 0 Å². The van der Waals surface area contributed by atoms with Crippen LogP contribution in [0.25, 0.3) is 0 Å². The molecule has 0 atom stereocenters. The normalized spacial score (nSPS) is 10.2. The molecule has 0 saturated heterocycles. The van der Waals surface area contributed by atoms with Crippen molar-refractivity contribution in [2.75, 3.05) is 11.5 Å². The molecule has 0 saturated carbocycles. The second-order valence-corrected chi connectivity index (χ2v) is 4.10. The van der Waals surface area contributed by atoms with Crippen LogP contribution in [-0.4, -0.2) is 5.78 Å². The molecule has 0 aromatic heterocycles. The number of hydrogen-bond acceptors (Lipinski definition) is 3. The van der Waals surface area contributed by atoms with Crippen LogP contribution in [-0.2, 0) is 0 Å². The zero-order chi connectivity index (χ0) is 12.4. The first-order chi connectivity index (χ1) is 8.08. The summed E-state index contributed by atoms with van der Waals surface area (Å²) in [6.07, 6.45) is 0. The van der Waals surface area contributed by atoms with Gasteiger partial charge in [0.25, 0.3) is 0 Å². The fraction of sp³-hybridized carbons (Fsp3) is 0. The van der Waals surface area contributed by atoms with E-state index in [9.17, 15) is 4.79 Å². The first-order valence-electron chi connectivity index (χ1n) is 5.03. The number of nitrogens with two attached hydrogens (primary N) is 2. The summed E-state index contributed by atoms with van der Waals surface area (Å²) in [7, 11) is 0. The standard InChI is InChI=1S/C13H11ClN2O/c14-11-7-9(4-5-12(11)16)13(17)8-2-1-3-10(15)6-8/h1-7H,15-16H2. The van der Waals surface area contributed by atoms with Gasteiger partial charge in [0.2, 0.25) is 0 Å². The predicted octanol–water partition coefficient (Wildman–Crippen LogP) is 2.74.